The molecule has 1 fully saturated rings. The van der Waals surface area contributed by atoms with Crippen LogP contribution in [0.25, 0.3) is 11.4 Å². The van der Waals surface area contributed by atoms with Crippen LogP contribution in [-0.2, 0) is 17.1 Å². The average Bonchev–Trinajstić information content (AvgIpc) is 3.31. The highest BCUT2D eigenvalue weighted by atomic mass is 32.2. The molecule has 9 heteroatoms. The quantitative estimate of drug-likeness (QED) is 0.420. The van der Waals surface area contributed by atoms with Gasteiger partial charge in [0.25, 0.3) is 0 Å². The second kappa shape index (κ2) is 12.1. The summed E-state index contributed by atoms with van der Waals surface area (Å²) in [5.74, 6) is 2.38. The molecule has 1 saturated heterocycles. The summed E-state index contributed by atoms with van der Waals surface area (Å²) in [4.78, 5) is 19.1. The minimum Gasteiger partial charge on any atom is -0.356 e. The number of piperidine rings is 1. The van der Waals surface area contributed by atoms with Gasteiger partial charge in [0.15, 0.2) is 0 Å². The van der Waals surface area contributed by atoms with Crippen LogP contribution in [0.1, 0.15) is 30.7 Å². The number of hydrogen-bond donors (Lipinski definition) is 1. The summed E-state index contributed by atoms with van der Waals surface area (Å²) in [5, 5.41) is 7.04. The van der Waals surface area contributed by atoms with Gasteiger partial charge in [-0.05, 0) is 80.1 Å². The lowest BCUT2D eigenvalue weighted by Gasteiger charge is -2.30. The second-order valence-corrected chi connectivity index (χ2v) is 9.50. The first-order chi connectivity index (χ1) is 16.6. The Morgan fingerprint density at radius 3 is 2.44 bits per heavy atom. The van der Waals surface area contributed by atoms with E-state index in [2.05, 4.69) is 20.4 Å². The molecule has 1 N–H and O–H groups in total. The Morgan fingerprint density at radius 1 is 1.06 bits per heavy atom. The molecule has 0 bridgehead atoms. The Balaban J connectivity index is 1.10. The first kappa shape index (κ1) is 24.3. The van der Waals surface area contributed by atoms with E-state index in [0.717, 1.165) is 49.4 Å². The molecule has 2 heterocycles. The van der Waals surface area contributed by atoms with Gasteiger partial charge in [0, 0.05) is 23.8 Å². The third-order valence-corrected chi connectivity index (χ3v) is 6.95. The Hall–Kier alpha value is -2.78. The normalized spacial score (nSPS) is 14.9. The van der Waals surface area contributed by atoms with Gasteiger partial charge in [-0.1, -0.05) is 17.3 Å². The fourth-order valence-electron chi connectivity index (χ4n) is 3.88. The van der Waals surface area contributed by atoms with Crippen molar-refractivity contribution in [1.29, 1.82) is 0 Å². The number of amides is 1. The van der Waals surface area contributed by atoms with Crippen molar-refractivity contribution in [3.05, 3.63) is 71.6 Å². The van der Waals surface area contributed by atoms with E-state index >= 15 is 0 Å². The predicted molar refractivity (Wildman–Crippen MR) is 128 cm³/mol. The summed E-state index contributed by atoms with van der Waals surface area (Å²) in [6, 6.07) is 12.6. The van der Waals surface area contributed by atoms with Gasteiger partial charge in [-0.25, -0.2) is 8.78 Å². The van der Waals surface area contributed by atoms with Gasteiger partial charge in [-0.2, -0.15) is 16.7 Å². The van der Waals surface area contributed by atoms with Crippen molar-refractivity contribution in [2.45, 2.75) is 31.6 Å². The summed E-state index contributed by atoms with van der Waals surface area (Å²) >= 11 is 1.78. The number of hydrogen-bond acceptors (Lipinski definition) is 6. The molecule has 0 unspecified atom stereocenters. The molecule has 0 atom stereocenters. The first-order valence-corrected chi connectivity index (χ1v) is 12.6. The fourth-order valence-corrected chi connectivity index (χ4v) is 4.80. The number of nitrogens with zero attached hydrogens (tertiary/aromatic N) is 3. The van der Waals surface area contributed by atoms with Crippen molar-refractivity contribution in [3.63, 3.8) is 0 Å². The van der Waals surface area contributed by atoms with Gasteiger partial charge < -0.3 is 9.84 Å². The van der Waals surface area contributed by atoms with E-state index in [0.29, 0.717) is 30.4 Å². The van der Waals surface area contributed by atoms with Crippen LogP contribution in [0.15, 0.2) is 53.1 Å². The smallest absolute Gasteiger partial charge is 0.241 e. The zero-order chi connectivity index (χ0) is 23.8. The van der Waals surface area contributed by atoms with Gasteiger partial charge in [-0.15, -0.1) is 0 Å². The zero-order valence-electron chi connectivity index (χ0n) is 18.9. The third-order valence-electron chi connectivity index (χ3n) is 5.83. The molecule has 6 nitrogen and oxygen atoms in total. The van der Waals surface area contributed by atoms with Crippen molar-refractivity contribution in [2.75, 3.05) is 25.4 Å². The van der Waals surface area contributed by atoms with Crippen LogP contribution in [0.5, 0.6) is 0 Å². The Labute approximate surface area is 202 Å². The summed E-state index contributed by atoms with van der Waals surface area (Å²) in [6.45, 7) is 2.79. The van der Waals surface area contributed by atoms with Crippen molar-refractivity contribution in [1.82, 2.24) is 20.4 Å². The molecular formula is C25H28F2N4O2S. The van der Waals surface area contributed by atoms with Gasteiger partial charge in [0.1, 0.15) is 11.6 Å². The standard InChI is InChI=1S/C25H28F2N4O2S/c26-21-6-2-18(3-7-21)17-34-15-1-12-28-25(32)20-10-13-31(14-11-20)16-23-29-24(30-33-23)19-4-8-22(27)9-5-19/h2-9,20H,1,10-17H2,(H,28,32). The maximum atomic E-state index is 13.1. The number of rotatable bonds is 10. The van der Waals surface area contributed by atoms with Gasteiger partial charge in [-0.3, -0.25) is 9.69 Å². The molecule has 1 aromatic heterocycles. The van der Waals surface area contributed by atoms with Crippen molar-refractivity contribution < 1.29 is 18.1 Å². The van der Waals surface area contributed by atoms with Crippen LogP contribution in [0.4, 0.5) is 8.78 Å². The molecule has 34 heavy (non-hydrogen) atoms. The monoisotopic (exact) mass is 486 g/mol. The number of thioether (sulfide) groups is 1. The van der Waals surface area contributed by atoms with Crippen LogP contribution < -0.4 is 5.32 Å². The first-order valence-electron chi connectivity index (χ1n) is 11.5. The Bertz CT molecular complexity index is 1050. The largest absolute Gasteiger partial charge is 0.356 e. The summed E-state index contributed by atoms with van der Waals surface area (Å²) < 4.78 is 31.4. The lowest BCUT2D eigenvalue weighted by Crippen LogP contribution is -2.40. The van der Waals surface area contributed by atoms with Crippen molar-refractivity contribution in [3.8, 4) is 11.4 Å². The Kier molecular flexibility index (Phi) is 8.65. The number of carbonyl (C=O) groups is 1. The van der Waals surface area contributed by atoms with E-state index in [1.165, 1.54) is 24.3 Å². The topological polar surface area (TPSA) is 71.3 Å². The molecule has 0 saturated carbocycles. The lowest BCUT2D eigenvalue weighted by atomic mass is 9.96. The van der Waals surface area contributed by atoms with Crippen molar-refractivity contribution in [2.24, 2.45) is 5.92 Å². The van der Waals surface area contributed by atoms with Crippen LogP contribution in [-0.4, -0.2) is 46.3 Å². The predicted octanol–water partition coefficient (Wildman–Crippen LogP) is 4.67. The maximum Gasteiger partial charge on any atom is 0.241 e. The molecule has 2 aromatic carbocycles. The molecule has 1 amide bonds. The fraction of sp³-hybridized carbons (Fsp3) is 0.400. The zero-order valence-corrected chi connectivity index (χ0v) is 19.7. The maximum absolute atomic E-state index is 13.1. The molecular weight excluding hydrogens is 458 g/mol. The van der Waals surface area contributed by atoms with Gasteiger partial charge in [0.05, 0.1) is 6.54 Å². The summed E-state index contributed by atoms with van der Waals surface area (Å²) in [5.41, 5.74) is 1.81. The molecule has 1 aliphatic rings. The van der Waals surface area contributed by atoms with Gasteiger partial charge >= 0.3 is 0 Å². The third kappa shape index (κ3) is 7.11. The van der Waals surface area contributed by atoms with E-state index in [-0.39, 0.29) is 23.5 Å². The minimum absolute atomic E-state index is 0.0283. The highest BCUT2D eigenvalue weighted by Gasteiger charge is 2.25. The lowest BCUT2D eigenvalue weighted by molar-refractivity contribution is -0.126. The molecule has 1 aliphatic heterocycles. The van der Waals surface area contributed by atoms with E-state index < -0.39 is 0 Å². The van der Waals surface area contributed by atoms with E-state index in [9.17, 15) is 13.6 Å². The molecule has 180 valence electrons. The average molecular weight is 487 g/mol. The summed E-state index contributed by atoms with van der Waals surface area (Å²) in [7, 11) is 0. The number of likely N-dealkylation sites (tertiary alicyclic amines) is 1. The highest BCUT2D eigenvalue weighted by Crippen LogP contribution is 2.21. The number of aromatic nitrogens is 2. The Morgan fingerprint density at radius 2 is 1.74 bits per heavy atom. The molecule has 0 aliphatic carbocycles. The van der Waals surface area contributed by atoms with E-state index in [1.807, 2.05) is 0 Å². The second-order valence-electron chi connectivity index (χ2n) is 8.39. The van der Waals surface area contributed by atoms with Crippen LogP contribution in [0.2, 0.25) is 0 Å². The van der Waals surface area contributed by atoms with E-state index in [4.69, 9.17) is 4.52 Å². The molecule has 3 aromatic rings. The SMILES string of the molecule is O=C(NCCCSCc1ccc(F)cc1)C1CCN(Cc2nc(-c3ccc(F)cc3)no2)CC1. The number of nitrogens with one attached hydrogen (secondary N) is 1. The highest BCUT2D eigenvalue weighted by molar-refractivity contribution is 7.98. The number of carbonyl (C=O) groups excluding carboxylic acids is 1. The van der Waals surface area contributed by atoms with Crippen molar-refractivity contribution >= 4 is 17.7 Å². The molecule has 0 spiro atoms. The van der Waals surface area contributed by atoms with Gasteiger partial charge in [0.2, 0.25) is 17.6 Å². The van der Waals surface area contributed by atoms with Crippen LogP contribution >= 0.6 is 11.8 Å². The van der Waals surface area contributed by atoms with E-state index in [1.54, 1.807) is 36.0 Å². The number of halogens is 2. The van der Waals surface area contributed by atoms with Crippen LogP contribution in [0, 0.1) is 17.6 Å². The minimum atomic E-state index is -0.305. The molecule has 4 rings (SSSR count). The molecule has 0 radical (unpaired) electrons. The number of benzene rings is 2. The van der Waals surface area contributed by atoms with Crippen LogP contribution in [0.3, 0.4) is 0 Å². The summed E-state index contributed by atoms with van der Waals surface area (Å²) in [6.07, 6.45) is 2.50.